The van der Waals surface area contributed by atoms with Crippen LogP contribution in [0.5, 0.6) is 0 Å². The van der Waals surface area contributed by atoms with Gasteiger partial charge in [-0.15, -0.1) is 0 Å². The number of hydrogen-bond donors (Lipinski definition) is 1. The van der Waals surface area contributed by atoms with E-state index in [9.17, 15) is 19.5 Å². The van der Waals surface area contributed by atoms with Crippen LogP contribution in [0, 0.1) is 51.8 Å². The van der Waals surface area contributed by atoms with Crippen molar-refractivity contribution in [2.24, 2.45) is 51.8 Å². The second-order valence-corrected chi connectivity index (χ2v) is 14.7. The van der Waals surface area contributed by atoms with Crippen molar-refractivity contribution in [3.05, 3.63) is 0 Å². The van der Waals surface area contributed by atoms with Crippen molar-refractivity contribution in [2.45, 2.75) is 118 Å². The van der Waals surface area contributed by atoms with Crippen LogP contribution in [0.1, 0.15) is 106 Å². The zero-order valence-corrected chi connectivity index (χ0v) is 25.3. The minimum atomic E-state index is -0.571. The quantitative estimate of drug-likeness (QED) is 0.321. The summed E-state index contributed by atoms with van der Waals surface area (Å²) in [4.78, 5) is 36.5. The molecule has 0 aromatic heterocycles. The molecule has 0 bridgehead atoms. The average Bonchev–Trinajstić information content (AvgIpc) is 3.22. The maximum Gasteiger partial charge on any atom is 0.311 e. The van der Waals surface area contributed by atoms with Crippen molar-refractivity contribution in [3.8, 4) is 0 Å². The first-order valence-electron chi connectivity index (χ1n) is 15.3. The zero-order chi connectivity index (χ0) is 28.8. The van der Waals surface area contributed by atoms with Gasteiger partial charge in [-0.05, 0) is 119 Å². The van der Waals surface area contributed by atoms with Crippen molar-refractivity contribution >= 4 is 17.9 Å². The summed E-state index contributed by atoms with van der Waals surface area (Å²) in [6.07, 6.45) is 8.09. The first kappa shape index (κ1) is 30.3. The monoisotopic (exact) mass is 548 g/mol. The van der Waals surface area contributed by atoms with Gasteiger partial charge < -0.3 is 19.3 Å². The van der Waals surface area contributed by atoms with Gasteiger partial charge in [0, 0.05) is 18.8 Å². The van der Waals surface area contributed by atoms with E-state index >= 15 is 0 Å². The van der Waals surface area contributed by atoms with Crippen LogP contribution in [-0.4, -0.2) is 48.9 Å². The van der Waals surface area contributed by atoms with Crippen LogP contribution < -0.4 is 0 Å². The van der Waals surface area contributed by atoms with E-state index < -0.39 is 11.5 Å². The fourth-order valence-corrected chi connectivity index (χ4v) is 9.65. The van der Waals surface area contributed by atoms with Gasteiger partial charge >= 0.3 is 17.9 Å². The number of aliphatic hydroxyl groups excluding tert-OH is 1. The average molecular weight is 549 g/mol. The number of methoxy groups -OCH3 is 1. The Morgan fingerprint density at radius 1 is 1.03 bits per heavy atom. The molecule has 0 aromatic carbocycles. The molecule has 0 amide bonds. The summed E-state index contributed by atoms with van der Waals surface area (Å²) in [5.41, 5.74) is -0.640. The molecule has 0 heterocycles. The molecule has 7 nitrogen and oxygen atoms in total. The fraction of sp³-hybridized carbons (Fsp3) is 0.906. The van der Waals surface area contributed by atoms with E-state index in [0.29, 0.717) is 37.2 Å². The third-order valence-corrected chi connectivity index (χ3v) is 11.5. The lowest BCUT2D eigenvalue weighted by atomic mass is 9.43. The highest BCUT2D eigenvalue weighted by Gasteiger charge is 2.64. The molecule has 10 atom stereocenters. The van der Waals surface area contributed by atoms with Gasteiger partial charge in [0.25, 0.3) is 0 Å². The normalized spacial score (nSPS) is 40.5. The number of carbonyl (C=O) groups excluding carboxylic acids is 3. The molecule has 0 saturated heterocycles. The van der Waals surface area contributed by atoms with Crippen LogP contribution in [-0.2, 0) is 28.6 Å². The highest BCUT2D eigenvalue weighted by atomic mass is 16.5. The summed E-state index contributed by atoms with van der Waals surface area (Å²) < 4.78 is 16.6. The first-order chi connectivity index (χ1) is 18.2. The molecule has 0 spiro atoms. The van der Waals surface area contributed by atoms with Crippen molar-refractivity contribution < 1.29 is 33.7 Å². The molecule has 4 rings (SSSR count). The smallest absolute Gasteiger partial charge is 0.311 e. The molecule has 7 heteroatoms. The van der Waals surface area contributed by atoms with Crippen molar-refractivity contribution in [2.75, 3.05) is 13.7 Å². The molecular weight excluding hydrogens is 496 g/mol. The van der Waals surface area contributed by atoms with Crippen LogP contribution >= 0.6 is 0 Å². The molecule has 39 heavy (non-hydrogen) atoms. The Hall–Kier alpha value is -1.63. The standard InChI is InChI=1S/C32H52O7/c1-19(8-11-27(35)37-7)23-9-10-24-28-25(13-14-31(23,24)6)32(18-38-29(36)30(3,4)5)15-12-22(39-20(2)33)16-21(32)17-26(28)34/h19,21-26,28,34H,8-18H2,1-7H3/t19-,21+,22-,23-,24+,25+,26-,28+,31-,32-/m1/s1. The number of carbonyl (C=O) groups is 3. The summed E-state index contributed by atoms with van der Waals surface area (Å²) in [6.45, 7) is 12.2. The molecule has 222 valence electrons. The van der Waals surface area contributed by atoms with Gasteiger partial charge in [0.15, 0.2) is 0 Å². The predicted molar refractivity (Wildman–Crippen MR) is 147 cm³/mol. The van der Waals surface area contributed by atoms with Gasteiger partial charge in [0.05, 0.1) is 25.2 Å². The van der Waals surface area contributed by atoms with Gasteiger partial charge in [0.1, 0.15) is 6.10 Å². The van der Waals surface area contributed by atoms with E-state index in [2.05, 4.69) is 13.8 Å². The van der Waals surface area contributed by atoms with E-state index in [0.717, 1.165) is 51.4 Å². The second-order valence-electron chi connectivity index (χ2n) is 14.7. The first-order valence-corrected chi connectivity index (χ1v) is 15.3. The molecule has 4 aliphatic carbocycles. The summed E-state index contributed by atoms with van der Waals surface area (Å²) in [6, 6.07) is 0. The molecule has 0 radical (unpaired) electrons. The summed E-state index contributed by atoms with van der Waals surface area (Å²) in [5, 5.41) is 11.8. The third kappa shape index (κ3) is 5.76. The van der Waals surface area contributed by atoms with Crippen molar-refractivity contribution in [3.63, 3.8) is 0 Å². The molecule has 4 saturated carbocycles. The molecule has 0 aromatic rings. The predicted octanol–water partition coefficient (Wildman–Crippen LogP) is 5.71. The van der Waals surface area contributed by atoms with Crippen LogP contribution in [0.2, 0.25) is 0 Å². The number of hydrogen-bond acceptors (Lipinski definition) is 7. The third-order valence-electron chi connectivity index (χ3n) is 11.5. The van der Waals surface area contributed by atoms with Gasteiger partial charge in [-0.25, -0.2) is 0 Å². The maximum absolute atomic E-state index is 12.9. The number of aliphatic hydroxyl groups is 1. The van der Waals surface area contributed by atoms with Crippen LogP contribution in [0.3, 0.4) is 0 Å². The Morgan fingerprint density at radius 3 is 2.38 bits per heavy atom. The SMILES string of the molecule is COC(=O)CC[C@@H](C)[C@H]1CC[C@H]2[C@@H]3[C@H](O)C[C@@H]4C[C@H](OC(C)=O)CC[C@]4(COC(=O)C(C)(C)C)[C@H]3CC[C@]12C. The second kappa shape index (κ2) is 11.3. The Bertz CT molecular complexity index is 924. The summed E-state index contributed by atoms with van der Waals surface area (Å²) in [5.74, 6) is 1.39. The largest absolute Gasteiger partial charge is 0.469 e. The number of rotatable bonds is 7. The van der Waals surface area contributed by atoms with Gasteiger partial charge in [-0.2, -0.15) is 0 Å². The topological polar surface area (TPSA) is 99.1 Å². The molecule has 1 N–H and O–H groups in total. The van der Waals surface area contributed by atoms with Crippen molar-refractivity contribution in [1.82, 2.24) is 0 Å². The number of ether oxygens (including phenoxy) is 3. The molecule has 0 unspecified atom stereocenters. The lowest BCUT2D eigenvalue weighted by Gasteiger charge is -2.63. The molecule has 4 aliphatic rings. The fourth-order valence-electron chi connectivity index (χ4n) is 9.65. The number of fused-ring (bicyclic) bond motifs is 5. The van der Waals surface area contributed by atoms with Crippen LogP contribution in [0.15, 0.2) is 0 Å². The Kier molecular flexibility index (Phi) is 8.81. The lowest BCUT2D eigenvalue weighted by Crippen LogP contribution is -2.61. The van der Waals surface area contributed by atoms with Crippen LogP contribution in [0.25, 0.3) is 0 Å². The van der Waals surface area contributed by atoms with Crippen molar-refractivity contribution in [1.29, 1.82) is 0 Å². The van der Waals surface area contributed by atoms with E-state index in [1.807, 2.05) is 20.8 Å². The Morgan fingerprint density at radius 2 is 1.74 bits per heavy atom. The van der Waals surface area contributed by atoms with Crippen LogP contribution in [0.4, 0.5) is 0 Å². The summed E-state index contributed by atoms with van der Waals surface area (Å²) >= 11 is 0. The van der Waals surface area contributed by atoms with E-state index in [-0.39, 0.29) is 52.6 Å². The molecular formula is C32H52O7. The Labute approximate surface area is 235 Å². The Balaban J connectivity index is 1.59. The molecule has 4 fully saturated rings. The maximum atomic E-state index is 12.9. The zero-order valence-electron chi connectivity index (χ0n) is 25.3. The van der Waals surface area contributed by atoms with Gasteiger partial charge in [0.2, 0.25) is 0 Å². The lowest BCUT2D eigenvalue weighted by molar-refractivity contribution is -0.207. The van der Waals surface area contributed by atoms with Gasteiger partial charge in [-0.3, -0.25) is 14.4 Å². The highest BCUT2D eigenvalue weighted by molar-refractivity contribution is 5.75. The van der Waals surface area contributed by atoms with E-state index in [1.165, 1.54) is 14.0 Å². The van der Waals surface area contributed by atoms with E-state index in [4.69, 9.17) is 14.2 Å². The number of esters is 3. The van der Waals surface area contributed by atoms with Gasteiger partial charge in [-0.1, -0.05) is 13.8 Å². The molecule has 0 aliphatic heterocycles. The van der Waals surface area contributed by atoms with E-state index in [1.54, 1.807) is 0 Å². The highest BCUT2D eigenvalue weighted by Crippen LogP contribution is 2.68. The minimum Gasteiger partial charge on any atom is -0.469 e. The summed E-state index contributed by atoms with van der Waals surface area (Å²) in [7, 11) is 1.45. The minimum absolute atomic E-state index is 0.128.